The normalized spacial score (nSPS) is 16.8. The molecule has 0 radical (unpaired) electrons. The molecular weight excluding hydrogens is 341 g/mol. The fraction of sp³-hybridized carbons (Fsp3) is 0.167. The molecule has 7 heteroatoms. The van der Waals surface area contributed by atoms with Crippen LogP contribution >= 0.6 is 11.8 Å². The number of nitrogens with one attached hydrogen (secondary N) is 1. The van der Waals surface area contributed by atoms with Crippen LogP contribution in [0.25, 0.3) is 11.5 Å². The molecule has 1 N–H and O–H groups in total. The number of thioether (sulfide) groups is 1. The van der Waals surface area contributed by atoms with Gasteiger partial charge in [0, 0.05) is 11.3 Å². The van der Waals surface area contributed by atoms with Gasteiger partial charge in [0.05, 0.1) is 5.25 Å². The summed E-state index contributed by atoms with van der Waals surface area (Å²) in [6.45, 7) is 0. The van der Waals surface area contributed by atoms with E-state index in [4.69, 9.17) is 4.42 Å². The summed E-state index contributed by atoms with van der Waals surface area (Å²) in [6.07, 6.45) is 1.46. The number of para-hydroxylation sites is 1. The number of nitrogens with zero attached hydrogens (tertiary/aromatic N) is 2. The Hall–Kier alpha value is -2.67. The van der Waals surface area contributed by atoms with Crippen LogP contribution in [0, 0.1) is 5.82 Å². The second kappa shape index (κ2) is 6.68. The van der Waals surface area contributed by atoms with E-state index in [1.54, 1.807) is 12.1 Å². The largest absolute Gasteiger partial charge is 0.411 e. The fourth-order valence-electron chi connectivity index (χ4n) is 2.72. The first kappa shape index (κ1) is 15.8. The minimum atomic E-state index is -0.370. The van der Waals surface area contributed by atoms with Gasteiger partial charge in [0.1, 0.15) is 5.82 Å². The van der Waals surface area contributed by atoms with Gasteiger partial charge in [-0.05, 0) is 42.7 Å². The summed E-state index contributed by atoms with van der Waals surface area (Å²) in [4.78, 5) is 12.4. The third kappa shape index (κ3) is 3.41. The smallest absolute Gasteiger partial charge is 0.277 e. The number of halogens is 1. The molecule has 1 aliphatic rings. The zero-order valence-electron chi connectivity index (χ0n) is 13.1. The monoisotopic (exact) mass is 355 g/mol. The van der Waals surface area contributed by atoms with Crippen molar-refractivity contribution in [2.45, 2.75) is 23.3 Å². The van der Waals surface area contributed by atoms with Gasteiger partial charge in [-0.2, -0.15) is 0 Å². The molecule has 25 heavy (non-hydrogen) atoms. The van der Waals surface area contributed by atoms with Gasteiger partial charge in [-0.25, -0.2) is 4.39 Å². The topological polar surface area (TPSA) is 68.0 Å². The standard InChI is InChI=1S/C18H14FN3O2S/c19-13-6-3-5-12(10-13)17-21-22-18(24-17)25-15-9-8-11-4-1-2-7-14(11)20-16(15)23/h1-7,10,15H,8-9H2,(H,20,23)/t15-/m1/s1. The zero-order valence-corrected chi connectivity index (χ0v) is 13.9. The number of fused-ring (bicyclic) bond motifs is 1. The van der Waals surface area contributed by atoms with Gasteiger partial charge in [-0.15, -0.1) is 10.2 Å². The number of rotatable bonds is 3. The number of anilines is 1. The second-order valence-electron chi connectivity index (χ2n) is 5.68. The highest BCUT2D eigenvalue weighted by Crippen LogP contribution is 2.32. The third-order valence-electron chi connectivity index (χ3n) is 3.96. The molecule has 0 bridgehead atoms. The Morgan fingerprint density at radius 3 is 2.92 bits per heavy atom. The molecule has 0 saturated heterocycles. The van der Waals surface area contributed by atoms with Crippen LogP contribution in [0.1, 0.15) is 12.0 Å². The van der Waals surface area contributed by atoms with Crippen LogP contribution in [0.15, 0.2) is 58.2 Å². The quantitative estimate of drug-likeness (QED) is 0.771. The Labute approximate surface area is 147 Å². The number of carbonyl (C=O) groups is 1. The van der Waals surface area contributed by atoms with Crippen LogP contribution in [0.3, 0.4) is 0 Å². The summed E-state index contributed by atoms with van der Waals surface area (Å²) in [5.41, 5.74) is 2.48. The molecule has 1 aliphatic heterocycles. The van der Waals surface area contributed by atoms with Gasteiger partial charge in [-0.3, -0.25) is 4.79 Å². The lowest BCUT2D eigenvalue weighted by Crippen LogP contribution is -2.23. The molecule has 0 fully saturated rings. The molecule has 0 aliphatic carbocycles. The van der Waals surface area contributed by atoms with Crippen molar-refractivity contribution < 1.29 is 13.6 Å². The summed E-state index contributed by atoms with van der Waals surface area (Å²) >= 11 is 1.23. The van der Waals surface area contributed by atoms with E-state index >= 15 is 0 Å². The molecule has 3 aromatic rings. The number of aromatic nitrogens is 2. The van der Waals surface area contributed by atoms with Gasteiger partial charge >= 0.3 is 0 Å². The first-order valence-corrected chi connectivity index (χ1v) is 8.72. The Morgan fingerprint density at radius 2 is 2.04 bits per heavy atom. The van der Waals surface area contributed by atoms with E-state index in [-0.39, 0.29) is 22.9 Å². The molecule has 5 nitrogen and oxygen atoms in total. The average Bonchev–Trinajstić information content (AvgIpc) is 3.02. The first-order valence-electron chi connectivity index (χ1n) is 7.84. The molecule has 1 aromatic heterocycles. The number of hydrogen-bond acceptors (Lipinski definition) is 5. The maximum atomic E-state index is 13.3. The van der Waals surface area contributed by atoms with Crippen LogP contribution in [-0.4, -0.2) is 21.4 Å². The SMILES string of the molecule is O=C1Nc2ccccc2CC[C@H]1Sc1nnc(-c2cccc(F)c2)o1. The average molecular weight is 355 g/mol. The van der Waals surface area contributed by atoms with E-state index in [1.165, 1.54) is 23.9 Å². The first-order chi connectivity index (χ1) is 12.2. The summed E-state index contributed by atoms with van der Waals surface area (Å²) < 4.78 is 18.9. The molecule has 4 rings (SSSR count). The van der Waals surface area contributed by atoms with Crippen LogP contribution in [-0.2, 0) is 11.2 Å². The van der Waals surface area contributed by atoms with Gasteiger partial charge in [0.15, 0.2) is 0 Å². The molecule has 0 spiro atoms. The highest BCUT2D eigenvalue weighted by Gasteiger charge is 2.26. The van der Waals surface area contributed by atoms with Crippen molar-refractivity contribution in [1.29, 1.82) is 0 Å². The number of benzene rings is 2. The molecule has 1 amide bonds. The fourth-order valence-corrected chi connectivity index (χ4v) is 3.58. The van der Waals surface area contributed by atoms with Crippen LogP contribution in [0.4, 0.5) is 10.1 Å². The van der Waals surface area contributed by atoms with Crippen molar-refractivity contribution in [3.63, 3.8) is 0 Å². The number of aryl methyl sites for hydroxylation is 1. The number of amides is 1. The van der Waals surface area contributed by atoms with Gasteiger partial charge in [0.2, 0.25) is 11.8 Å². The predicted octanol–water partition coefficient (Wildman–Crippen LogP) is 3.92. The Balaban J connectivity index is 1.50. The van der Waals surface area contributed by atoms with Crippen LogP contribution in [0.5, 0.6) is 0 Å². The predicted molar refractivity (Wildman–Crippen MR) is 92.7 cm³/mol. The lowest BCUT2D eigenvalue weighted by Gasteiger charge is -2.09. The van der Waals surface area contributed by atoms with Crippen molar-refractivity contribution in [3.8, 4) is 11.5 Å². The second-order valence-corrected chi connectivity index (χ2v) is 6.83. The maximum absolute atomic E-state index is 13.3. The van der Waals surface area contributed by atoms with Crippen LogP contribution in [0.2, 0.25) is 0 Å². The molecular formula is C18H14FN3O2S. The summed E-state index contributed by atoms with van der Waals surface area (Å²) in [5, 5.41) is 10.8. The van der Waals surface area contributed by atoms with Crippen molar-refractivity contribution >= 4 is 23.4 Å². The Morgan fingerprint density at radius 1 is 1.16 bits per heavy atom. The van der Waals surface area contributed by atoms with E-state index in [0.717, 1.165) is 17.7 Å². The third-order valence-corrected chi connectivity index (χ3v) is 5.07. The summed E-state index contributed by atoms with van der Waals surface area (Å²) in [6, 6.07) is 13.7. The Kier molecular flexibility index (Phi) is 4.23. The summed E-state index contributed by atoms with van der Waals surface area (Å²) in [5.74, 6) is -0.217. The van der Waals surface area contributed by atoms with Crippen molar-refractivity contribution in [2.24, 2.45) is 0 Å². The molecule has 1 atom stereocenters. The molecule has 2 heterocycles. The van der Waals surface area contributed by atoms with E-state index in [2.05, 4.69) is 15.5 Å². The van der Waals surface area contributed by atoms with Gasteiger partial charge in [-0.1, -0.05) is 36.0 Å². The Bertz CT molecular complexity index is 928. The lowest BCUT2D eigenvalue weighted by atomic mass is 10.1. The lowest BCUT2D eigenvalue weighted by molar-refractivity contribution is -0.115. The van der Waals surface area contributed by atoms with Crippen molar-refractivity contribution in [1.82, 2.24) is 10.2 Å². The maximum Gasteiger partial charge on any atom is 0.277 e. The highest BCUT2D eigenvalue weighted by molar-refractivity contribution is 8.00. The van der Waals surface area contributed by atoms with Gasteiger partial charge < -0.3 is 9.73 Å². The van der Waals surface area contributed by atoms with Crippen LogP contribution < -0.4 is 5.32 Å². The van der Waals surface area contributed by atoms with E-state index in [9.17, 15) is 9.18 Å². The minimum Gasteiger partial charge on any atom is -0.411 e. The minimum absolute atomic E-state index is 0.0829. The number of carbonyl (C=O) groups excluding carboxylic acids is 1. The molecule has 126 valence electrons. The molecule has 2 aromatic carbocycles. The zero-order chi connectivity index (χ0) is 17.2. The van der Waals surface area contributed by atoms with E-state index in [0.29, 0.717) is 17.2 Å². The summed E-state index contributed by atoms with van der Waals surface area (Å²) in [7, 11) is 0. The van der Waals surface area contributed by atoms with Gasteiger partial charge in [0.25, 0.3) is 5.22 Å². The van der Waals surface area contributed by atoms with E-state index in [1.807, 2.05) is 24.3 Å². The van der Waals surface area contributed by atoms with Crippen molar-refractivity contribution in [2.75, 3.05) is 5.32 Å². The molecule has 0 unspecified atom stereocenters. The van der Waals surface area contributed by atoms with Crippen molar-refractivity contribution in [3.05, 3.63) is 59.9 Å². The van der Waals surface area contributed by atoms with E-state index < -0.39 is 0 Å². The molecule has 0 saturated carbocycles. The highest BCUT2D eigenvalue weighted by atomic mass is 32.2. The number of hydrogen-bond donors (Lipinski definition) is 1.